The third-order valence-electron chi connectivity index (χ3n) is 5.89. The van der Waals surface area contributed by atoms with Gasteiger partial charge in [0, 0.05) is 16.9 Å². The van der Waals surface area contributed by atoms with Crippen molar-refractivity contribution in [3.05, 3.63) is 59.7 Å². The van der Waals surface area contributed by atoms with Gasteiger partial charge in [-0.15, -0.1) is 0 Å². The molecule has 1 heterocycles. The number of anilines is 2. The van der Waals surface area contributed by atoms with Crippen LogP contribution in [-0.4, -0.2) is 23.5 Å². The van der Waals surface area contributed by atoms with Crippen LogP contribution < -0.4 is 21.7 Å². The first-order valence-electron chi connectivity index (χ1n) is 10.5. The van der Waals surface area contributed by atoms with Crippen LogP contribution in [0.4, 0.5) is 11.4 Å². The summed E-state index contributed by atoms with van der Waals surface area (Å²) in [6.45, 7) is 2.07. The molecule has 2 aromatic rings. The maximum absolute atomic E-state index is 12.8. The highest BCUT2D eigenvalue weighted by molar-refractivity contribution is 6.07. The molecule has 0 aromatic heterocycles. The maximum atomic E-state index is 12.8. The Morgan fingerprint density at radius 3 is 2.47 bits per heavy atom. The summed E-state index contributed by atoms with van der Waals surface area (Å²) in [6, 6.07) is 15.3. The molecule has 0 bridgehead atoms. The van der Waals surface area contributed by atoms with Crippen LogP contribution >= 0.6 is 0 Å². The van der Waals surface area contributed by atoms with Crippen molar-refractivity contribution in [3.8, 4) is 0 Å². The molecule has 4 rings (SSSR count). The predicted octanol–water partition coefficient (Wildman–Crippen LogP) is 3.61. The molecular weight excluding hydrogens is 376 g/mol. The van der Waals surface area contributed by atoms with Crippen LogP contribution in [0.2, 0.25) is 0 Å². The second-order valence-corrected chi connectivity index (χ2v) is 7.83. The van der Waals surface area contributed by atoms with E-state index in [1.165, 1.54) is 6.42 Å². The second kappa shape index (κ2) is 8.18. The van der Waals surface area contributed by atoms with Gasteiger partial charge < -0.3 is 16.8 Å². The lowest BCUT2D eigenvalue weighted by molar-refractivity contribution is 0.102. The van der Waals surface area contributed by atoms with Gasteiger partial charge in [-0.2, -0.15) is 4.99 Å². The zero-order valence-electron chi connectivity index (χ0n) is 17.3. The average Bonchev–Trinajstić information content (AvgIpc) is 2.74. The number of aryl methyl sites for hydroxylation is 1. The number of hydrogen-bond donors (Lipinski definition) is 3. The Kier molecular flexibility index (Phi) is 5.44. The van der Waals surface area contributed by atoms with Gasteiger partial charge in [-0.1, -0.05) is 31.5 Å². The summed E-state index contributed by atoms with van der Waals surface area (Å²) in [7, 11) is 0. The monoisotopic (exact) mass is 404 g/mol. The molecule has 7 nitrogen and oxygen atoms in total. The molecule has 5 N–H and O–H groups in total. The number of hydrogen-bond acceptors (Lipinski definition) is 6. The Hall–Kier alpha value is -3.35. The van der Waals surface area contributed by atoms with E-state index in [9.17, 15) is 4.79 Å². The van der Waals surface area contributed by atoms with E-state index < -0.39 is 5.66 Å². The molecule has 1 saturated carbocycles. The van der Waals surface area contributed by atoms with E-state index in [1.54, 1.807) is 0 Å². The van der Waals surface area contributed by atoms with E-state index in [0.29, 0.717) is 11.5 Å². The summed E-state index contributed by atoms with van der Waals surface area (Å²) in [4.78, 5) is 23.6. The molecule has 0 saturated heterocycles. The fourth-order valence-electron chi connectivity index (χ4n) is 4.40. The van der Waals surface area contributed by atoms with Crippen LogP contribution in [0.5, 0.6) is 0 Å². The first-order chi connectivity index (χ1) is 14.5. The van der Waals surface area contributed by atoms with Crippen LogP contribution in [-0.2, 0) is 6.42 Å². The molecule has 1 spiro atoms. The van der Waals surface area contributed by atoms with Gasteiger partial charge in [-0.05, 0) is 68.0 Å². The molecule has 156 valence electrons. The second-order valence-electron chi connectivity index (χ2n) is 7.83. The highest BCUT2D eigenvalue weighted by Gasteiger charge is 2.42. The van der Waals surface area contributed by atoms with Crippen molar-refractivity contribution in [1.82, 2.24) is 0 Å². The Morgan fingerprint density at radius 2 is 1.77 bits per heavy atom. The van der Waals surface area contributed by atoms with Crippen molar-refractivity contribution < 1.29 is 4.79 Å². The van der Waals surface area contributed by atoms with Gasteiger partial charge >= 0.3 is 0 Å². The molecule has 0 radical (unpaired) electrons. The summed E-state index contributed by atoms with van der Waals surface area (Å²) in [6.07, 6.45) is 5.92. The summed E-state index contributed by atoms with van der Waals surface area (Å²) in [5, 5.41) is 3.01. The van der Waals surface area contributed by atoms with Gasteiger partial charge in [0.05, 0.1) is 0 Å². The lowest BCUT2D eigenvalue weighted by atomic mass is 9.87. The number of amides is 1. The van der Waals surface area contributed by atoms with Crippen molar-refractivity contribution in [2.24, 2.45) is 21.5 Å². The molecule has 1 aliphatic heterocycles. The van der Waals surface area contributed by atoms with Gasteiger partial charge in [0.1, 0.15) is 5.66 Å². The molecule has 30 heavy (non-hydrogen) atoms. The highest BCUT2D eigenvalue weighted by atomic mass is 16.1. The standard InChI is InChI=1S/C23H28N6O/c1-2-16-8-4-5-9-19(16)26-20(30)17-10-12-18(13-11-17)29-22(25)27-21(24)28-23(29)14-6-3-7-15-23/h4-5,8-13H,2-3,6-7,14-15H2,1H3,(H,26,30)(H4,24,25,27,28). The minimum atomic E-state index is -0.488. The molecular formula is C23H28N6O. The first kappa shape index (κ1) is 19.9. The number of carbonyl (C=O) groups excluding carboxylic acids is 1. The van der Waals surface area contributed by atoms with E-state index in [4.69, 9.17) is 11.5 Å². The summed E-state index contributed by atoms with van der Waals surface area (Å²) >= 11 is 0. The number of guanidine groups is 2. The highest BCUT2D eigenvalue weighted by Crippen LogP contribution is 2.39. The molecule has 2 aliphatic rings. The fraction of sp³-hybridized carbons (Fsp3) is 0.348. The summed E-state index contributed by atoms with van der Waals surface area (Å²) in [5.74, 6) is 0.437. The number of nitrogens with one attached hydrogen (secondary N) is 1. The molecule has 1 aliphatic carbocycles. The number of benzene rings is 2. The van der Waals surface area contributed by atoms with E-state index in [2.05, 4.69) is 22.2 Å². The van der Waals surface area contributed by atoms with Crippen molar-refractivity contribution in [2.75, 3.05) is 10.2 Å². The Balaban J connectivity index is 1.58. The van der Waals surface area contributed by atoms with Gasteiger partial charge in [0.15, 0.2) is 0 Å². The number of nitrogens with two attached hydrogens (primary N) is 2. The van der Waals surface area contributed by atoms with Crippen molar-refractivity contribution in [1.29, 1.82) is 0 Å². The Labute approximate surface area is 176 Å². The molecule has 1 amide bonds. The van der Waals surface area contributed by atoms with Crippen LogP contribution in [0.1, 0.15) is 54.9 Å². The molecule has 7 heteroatoms. The van der Waals surface area contributed by atoms with Crippen LogP contribution in [0.15, 0.2) is 58.5 Å². The zero-order valence-corrected chi connectivity index (χ0v) is 17.3. The topological polar surface area (TPSA) is 109 Å². The molecule has 2 aromatic carbocycles. The van der Waals surface area contributed by atoms with Crippen molar-refractivity contribution in [3.63, 3.8) is 0 Å². The third kappa shape index (κ3) is 3.75. The van der Waals surface area contributed by atoms with Crippen LogP contribution in [0.3, 0.4) is 0 Å². The minimum absolute atomic E-state index is 0.141. The third-order valence-corrected chi connectivity index (χ3v) is 5.89. The van der Waals surface area contributed by atoms with Gasteiger partial charge in [-0.3, -0.25) is 9.69 Å². The maximum Gasteiger partial charge on any atom is 0.255 e. The van der Waals surface area contributed by atoms with Crippen LogP contribution in [0.25, 0.3) is 0 Å². The fourth-order valence-corrected chi connectivity index (χ4v) is 4.40. The smallest absolute Gasteiger partial charge is 0.255 e. The van der Waals surface area contributed by atoms with E-state index in [-0.39, 0.29) is 11.9 Å². The lowest BCUT2D eigenvalue weighted by Gasteiger charge is -2.45. The number of para-hydroxylation sites is 1. The predicted molar refractivity (Wildman–Crippen MR) is 122 cm³/mol. The number of aliphatic imine (C=N–C) groups is 2. The largest absolute Gasteiger partial charge is 0.369 e. The quantitative estimate of drug-likeness (QED) is 0.723. The zero-order chi connectivity index (χ0) is 21.1. The Bertz CT molecular complexity index is 989. The summed E-state index contributed by atoms with van der Waals surface area (Å²) < 4.78 is 0. The van der Waals surface area contributed by atoms with Gasteiger partial charge in [0.2, 0.25) is 11.9 Å². The number of rotatable bonds is 4. The number of nitrogens with zero attached hydrogens (tertiary/aromatic N) is 3. The summed E-state index contributed by atoms with van der Waals surface area (Å²) in [5.41, 5.74) is 15.1. The van der Waals surface area contributed by atoms with E-state index >= 15 is 0 Å². The van der Waals surface area contributed by atoms with Crippen molar-refractivity contribution in [2.45, 2.75) is 51.1 Å². The SMILES string of the molecule is CCc1ccccc1NC(=O)c1ccc(N2C(N)=NC(N)=NC23CCCCC3)cc1. The minimum Gasteiger partial charge on any atom is -0.369 e. The average molecular weight is 405 g/mol. The first-order valence-corrected chi connectivity index (χ1v) is 10.5. The van der Waals surface area contributed by atoms with Crippen molar-refractivity contribution >= 4 is 29.2 Å². The van der Waals surface area contributed by atoms with E-state index in [1.807, 2.05) is 53.4 Å². The number of carbonyl (C=O) groups is 1. The molecule has 1 fully saturated rings. The normalized spacial score (nSPS) is 18.0. The lowest BCUT2D eigenvalue weighted by Crippen LogP contribution is -2.58. The van der Waals surface area contributed by atoms with Gasteiger partial charge in [-0.25, -0.2) is 4.99 Å². The van der Waals surface area contributed by atoms with Crippen LogP contribution in [0, 0.1) is 0 Å². The molecule has 0 atom stereocenters. The molecule has 0 unspecified atom stereocenters. The van der Waals surface area contributed by atoms with Gasteiger partial charge in [0.25, 0.3) is 5.91 Å². The van der Waals surface area contributed by atoms with E-state index in [0.717, 1.165) is 49.0 Å². The Morgan fingerprint density at radius 1 is 1.07 bits per heavy atom.